The lowest BCUT2D eigenvalue weighted by Crippen LogP contribution is -2.34. The third kappa shape index (κ3) is 4.09. The van der Waals surface area contributed by atoms with Crippen LogP contribution in [0.15, 0.2) is 29.4 Å². The number of aromatic nitrogens is 4. The van der Waals surface area contributed by atoms with Crippen molar-refractivity contribution in [1.29, 1.82) is 0 Å². The van der Waals surface area contributed by atoms with Crippen molar-refractivity contribution < 1.29 is 4.79 Å². The van der Waals surface area contributed by atoms with Gasteiger partial charge in [-0.1, -0.05) is 49.9 Å². The molecule has 2 saturated carbocycles. The molecule has 0 N–H and O–H groups in total. The minimum atomic E-state index is 0.177. The Labute approximate surface area is 158 Å². The molecule has 2 fully saturated rings. The van der Waals surface area contributed by atoms with Crippen molar-refractivity contribution in [2.24, 2.45) is 0 Å². The number of carbonyl (C=O) groups excluding carboxylic acids is 1. The van der Waals surface area contributed by atoms with Crippen LogP contribution in [0.3, 0.4) is 0 Å². The second-order valence-electron chi connectivity index (χ2n) is 7.57. The SMILES string of the molecule is CC(C)c1ccc(CN(C(=O)CSc2nnnn2C2CC2)C2CC2)cc1. The van der Waals surface area contributed by atoms with Gasteiger partial charge in [0.2, 0.25) is 11.1 Å². The predicted molar refractivity (Wildman–Crippen MR) is 101 cm³/mol. The highest BCUT2D eigenvalue weighted by Crippen LogP contribution is 2.36. The smallest absolute Gasteiger partial charge is 0.233 e. The van der Waals surface area contributed by atoms with Crippen LogP contribution >= 0.6 is 11.8 Å². The third-order valence-corrected chi connectivity index (χ3v) is 5.91. The molecule has 2 aromatic rings. The standard InChI is InChI=1S/C19H25N5OS/c1-13(2)15-5-3-14(4-6-15)11-23(16-7-8-16)18(25)12-26-19-20-21-22-24(19)17-9-10-17/h3-6,13,16-17H,7-12H2,1-2H3. The van der Waals surface area contributed by atoms with Crippen LogP contribution in [-0.4, -0.2) is 42.8 Å². The largest absolute Gasteiger partial charge is 0.335 e. The van der Waals surface area contributed by atoms with E-state index in [9.17, 15) is 4.79 Å². The number of rotatable bonds is 8. The highest BCUT2D eigenvalue weighted by Gasteiger charge is 2.33. The highest BCUT2D eigenvalue weighted by atomic mass is 32.2. The average molecular weight is 372 g/mol. The second-order valence-corrected chi connectivity index (χ2v) is 8.52. The van der Waals surface area contributed by atoms with Crippen LogP contribution < -0.4 is 0 Å². The van der Waals surface area contributed by atoms with Gasteiger partial charge in [-0.25, -0.2) is 4.68 Å². The summed E-state index contributed by atoms with van der Waals surface area (Å²) in [6.45, 7) is 5.08. The molecule has 138 valence electrons. The van der Waals surface area contributed by atoms with Gasteiger partial charge in [0.1, 0.15) is 0 Å². The van der Waals surface area contributed by atoms with E-state index in [2.05, 4.69) is 53.6 Å². The van der Waals surface area contributed by atoms with E-state index in [0.29, 0.717) is 30.3 Å². The van der Waals surface area contributed by atoms with Crippen molar-refractivity contribution in [3.8, 4) is 0 Å². The molecule has 4 rings (SSSR count). The summed E-state index contributed by atoms with van der Waals surface area (Å²) in [4.78, 5) is 14.9. The van der Waals surface area contributed by atoms with Crippen LogP contribution in [0, 0.1) is 0 Å². The van der Waals surface area contributed by atoms with E-state index in [0.717, 1.165) is 30.8 Å². The van der Waals surface area contributed by atoms with Gasteiger partial charge in [-0.2, -0.15) is 0 Å². The fraction of sp³-hybridized carbons (Fsp3) is 0.579. The lowest BCUT2D eigenvalue weighted by atomic mass is 10.0. The minimum Gasteiger partial charge on any atom is -0.335 e. The van der Waals surface area contributed by atoms with Gasteiger partial charge >= 0.3 is 0 Å². The van der Waals surface area contributed by atoms with Gasteiger partial charge in [-0.05, 0) is 53.2 Å². The molecular formula is C19H25N5OS. The summed E-state index contributed by atoms with van der Waals surface area (Å²) in [5.41, 5.74) is 2.53. The van der Waals surface area contributed by atoms with Crippen molar-refractivity contribution in [2.75, 3.05) is 5.75 Å². The molecule has 1 heterocycles. The maximum Gasteiger partial charge on any atom is 0.233 e. The Morgan fingerprint density at radius 3 is 2.58 bits per heavy atom. The van der Waals surface area contributed by atoms with E-state index >= 15 is 0 Å². The molecule has 0 unspecified atom stereocenters. The average Bonchev–Trinajstić information content (AvgIpc) is 3.57. The minimum absolute atomic E-state index is 0.177. The number of thioether (sulfide) groups is 1. The van der Waals surface area contributed by atoms with Crippen molar-refractivity contribution in [3.63, 3.8) is 0 Å². The van der Waals surface area contributed by atoms with Crippen LogP contribution in [0.2, 0.25) is 0 Å². The molecule has 0 aliphatic heterocycles. The molecule has 0 atom stereocenters. The molecule has 7 heteroatoms. The number of hydrogen-bond acceptors (Lipinski definition) is 5. The van der Waals surface area contributed by atoms with E-state index in [-0.39, 0.29) is 5.91 Å². The van der Waals surface area contributed by atoms with Gasteiger partial charge in [0.15, 0.2) is 0 Å². The Morgan fingerprint density at radius 2 is 1.96 bits per heavy atom. The zero-order valence-electron chi connectivity index (χ0n) is 15.3. The number of carbonyl (C=O) groups is 1. The predicted octanol–water partition coefficient (Wildman–Crippen LogP) is 3.41. The molecule has 0 spiro atoms. The number of tetrazole rings is 1. The first kappa shape index (κ1) is 17.5. The highest BCUT2D eigenvalue weighted by molar-refractivity contribution is 7.99. The summed E-state index contributed by atoms with van der Waals surface area (Å²) in [7, 11) is 0. The molecule has 0 saturated heterocycles. The Morgan fingerprint density at radius 1 is 1.23 bits per heavy atom. The molecule has 26 heavy (non-hydrogen) atoms. The van der Waals surface area contributed by atoms with Crippen molar-refractivity contribution in [3.05, 3.63) is 35.4 Å². The second kappa shape index (κ2) is 7.39. The first-order chi connectivity index (χ1) is 12.6. The summed E-state index contributed by atoms with van der Waals surface area (Å²) in [5.74, 6) is 1.10. The topological polar surface area (TPSA) is 63.9 Å². The van der Waals surface area contributed by atoms with Crippen LogP contribution in [0.25, 0.3) is 0 Å². The first-order valence-corrected chi connectivity index (χ1v) is 10.4. The number of nitrogens with zero attached hydrogens (tertiary/aromatic N) is 5. The van der Waals surface area contributed by atoms with Gasteiger partial charge in [-0.3, -0.25) is 4.79 Å². The van der Waals surface area contributed by atoms with Crippen LogP contribution in [0.1, 0.15) is 62.6 Å². The van der Waals surface area contributed by atoms with E-state index < -0.39 is 0 Å². The summed E-state index contributed by atoms with van der Waals surface area (Å²) in [6, 6.07) is 9.48. The number of amides is 1. The van der Waals surface area contributed by atoms with Crippen LogP contribution in [-0.2, 0) is 11.3 Å². The molecular weight excluding hydrogens is 346 g/mol. The lowest BCUT2D eigenvalue weighted by molar-refractivity contribution is -0.129. The van der Waals surface area contributed by atoms with Crippen molar-refractivity contribution in [2.45, 2.75) is 69.2 Å². The van der Waals surface area contributed by atoms with Crippen molar-refractivity contribution >= 4 is 17.7 Å². The fourth-order valence-electron chi connectivity index (χ4n) is 3.05. The molecule has 1 aromatic heterocycles. The van der Waals surface area contributed by atoms with Crippen LogP contribution in [0.4, 0.5) is 0 Å². The van der Waals surface area contributed by atoms with Gasteiger partial charge in [0.05, 0.1) is 11.8 Å². The van der Waals surface area contributed by atoms with Gasteiger partial charge in [-0.15, -0.1) is 5.10 Å². The molecule has 1 aromatic carbocycles. The van der Waals surface area contributed by atoms with E-state index in [1.165, 1.54) is 22.9 Å². The molecule has 2 aliphatic rings. The van der Waals surface area contributed by atoms with Gasteiger partial charge < -0.3 is 4.90 Å². The third-order valence-electron chi connectivity index (χ3n) is 4.99. The Hall–Kier alpha value is -1.89. The molecule has 0 bridgehead atoms. The lowest BCUT2D eigenvalue weighted by Gasteiger charge is -2.22. The molecule has 2 aliphatic carbocycles. The number of hydrogen-bond donors (Lipinski definition) is 0. The maximum atomic E-state index is 12.8. The van der Waals surface area contributed by atoms with E-state index in [1.807, 2.05) is 9.58 Å². The molecule has 6 nitrogen and oxygen atoms in total. The van der Waals surface area contributed by atoms with Gasteiger partial charge in [0, 0.05) is 12.6 Å². The molecule has 1 amide bonds. The first-order valence-electron chi connectivity index (χ1n) is 9.41. The Kier molecular flexibility index (Phi) is 4.98. The Balaban J connectivity index is 1.38. The maximum absolute atomic E-state index is 12.8. The fourth-order valence-corrected chi connectivity index (χ4v) is 3.88. The van der Waals surface area contributed by atoms with E-state index in [1.54, 1.807) is 0 Å². The Bertz CT molecular complexity index is 764. The zero-order chi connectivity index (χ0) is 18.1. The van der Waals surface area contributed by atoms with Crippen molar-refractivity contribution in [1.82, 2.24) is 25.1 Å². The van der Waals surface area contributed by atoms with E-state index in [4.69, 9.17) is 0 Å². The summed E-state index contributed by atoms with van der Waals surface area (Å²) in [5, 5.41) is 12.6. The monoisotopic (exact) mass is 371 g/mol. The normalized spacial score (nSPS) is 16.9. The number of benzene rings is 1. The quantitative estimate of drug-likeness (QED) is 0.665. The molecule has 0 radical (unpaired) electrons. The summed E-state index contributed by atoms with van der Waals surface area (Å²) < 4.78 is 1.87. The summed E-state index contributed by atoms with van der Waals surface area (Å²) >= 11 is 1.46. The van der Waals surface area contributed by atoms with Gasteiger partial charge in [0.25, 0.3) is 0 Å². The van der Waals surface area contributed by atoms with Crippen LogP contribution in [0.5, 0.6) is 0 Å². The zero-order valence-corrected chi connectivity index (χ0v) is 16.2. The summed E-state index contributed by atoms with van der Waals surface area (Å²) in [6.07, 6.45) is 4.49.